The zero-order valence-electron chi connectivity index (χ0n) is 8.21. The first-order valence-corrected chi connectivity index (χ1v) is 5.67. The van der Waals surface area contributed by atoms with Gasteiger partial charge in [-0.25, -0.2) is 0 Å². The quantitative estimate of drug-likeness (QED) is 0.441. The van der Waals surface area contributed by atoms with Gasteiger partial charge in [0.1, 0.15) is 16.8 Å². The van der Waals surface area contributed by atoms with Gasteiger partial charge in [-0.05, 0) is 6.07 Å². The fourth-order valence-electron chi connectivity index (χ4n) is 0.944. The van der Waals surface area contributed by atoms with Gasteiger partial charge in [-0.3, -0.25) is 14.7 Å². The Labute approximate surface area is 85.7 Å². The van der Waals surface area contributed by atoms with E-state index in [2.05, 4.69) is 9.05 Å². The van der Waals surface area contributed by atoms with E-state index in [0.29, 0.717) is 0 Å². The molecule has 84 valence electrons. The smallest absolute Gasteiger partial charge is 0.405 e. The Balaban J connectivity index is 2.81. The fraction of sp³-hybridized carbons (Fsp3) is 0.429. The Hall–Kier alpha value is -1.17. The van der Waals surface area contributed by atoms with Crippen LogP contribution in [0.15, 0.2) is 16.5 Å². The molecule has 0 saturated heterocycles. The number of nitro groups is 1. The summed E-state index contributed by atoms with van der Waals surface area (Å²) in [7, 11) is -0.761. The Bertz CT molecular complexity index is 392. The summed E-state index contributed by atoms with van der Waals surface area (Å²) in [5.74, 6) is -0.211. The number of hydrogen-bond acceptors (Lipinski definition) is 6. The van der Waals surface area contributed by atoms with Crippen molar-refractivity contribution in [2.45, 2.75) is 6.16 Å². The van der Waals surface area contributed by atoms with Crippen LogP contribution in [0.2, 0.25) is 0 Å². The first-order chi connectivity index (χ1) is 7.00. The molecule has 1 aromatic heterocycles. The minimum absolute atomic E-state index is 0.131. The summed E-state index contributed by atoms with van der Waals surface area (Å²) in [5.41, 5.74) is 0. The van der Waals surface area contributed by atoms with E-state index in [-0.39, 0.29) is 11.9 Å². The van der Waals surface area contributed by atoms with Gasteiger partial charge in [-0.15, -0.1) is 0 Å². The SMILES string of the molecule is COP(=O)(Cc1ccc([N+](=O)[O-])o1)OC. The van der Waals surface area contributed by atoms with Crippen LogP contribution in [0.1, 0.15) is 5.76 Å². The molecule has 8 heteroatoms. The fourth-order valence-corrected chi connectivity index (χ4v) is 1.90. The van der Waals surface area contributed by atoms with E-state index in [1.165, 1.54) is 26.4 Å². The summed E-state index contributed by atoms with van der Waals surface area (Å²) in [4.78, 5) is 9.63. The lowest BCUT2D eigenvalue weighted by atomic mass is 10.5. The number of nitrogens with zero attached hydrogens (tertiary/aromatic N) is 1. The standard InChI is InChI=1S/C7H10NO6P/c1-12-15(11,13-2)5-6-3-4-7(14-6)8(9)10/h3-4H,5H2,1-2H3. The Morgan fingerprint density at radius 2 is 2.07 bits per heavy atom. The van der Waals surface area contributed by atoms with Gasteiger partial charge in [-0.2, -0.15) is 0 Å². The van der Waals surface area contributed by atoms with Crippen LogP contribution in [-0.4, -0.2) is 19.1 Å². The summed E-state index contributed by atoms with van der Waals surface area (Å²) >= 11 is 0. The van der Waals surface area contributed by atoms with Gasteiger partial charge in [0.25, 0.3) is 0 Å². The highest BCUT2D eigenvalue weighted by Gasteiger charge is 2.25. The van der Waals surface area contributed by atoms with Crippen molar-refractivity contribution in [3.8, 4) is 0 Å². The second-order valence-corrected chi connectivity index (χ2v) is 4.90. The molecule has 1 rings (SSSR count). The highest BCUT2D eigenvalue weighted by molar-refractivity contribution is 7.52. The van der Waals surface area contributed by atoms with E-state index < -0.39 is 18.4 Å². The lowest BCUT2D eigenvalue weighted by Gasteiger charge is -2.10. The molecule has 0 bridgehead atoms. The van der Waals surface area contributed by atoms with Crippen LogP contribution >= 0.6 is 7.60 Å². The normalized spacial score (nSPS) is 11.6. The van der Waals surface area contributed by atoms with E-state index in [0.717, 1.165) is 0 Å². The maximum Gasteiger partial charge on any atom is 0.433 e. The first kappa shape index (κ1) is 11.9. The van der Waals surface area contributed by atoms with Crippen LogP contribution in [0.5, 0.6) is 0 Å². The molecule has 0 aromatic carbocycles. The van der Waals surface area contributed by atoms with Crippen molar-refractivity contribution in [3.05, 3.63) is 28.0 Å². The minimum atomic E-state index is -3.24. The average Bonchev–Trinajstić information content (AvgIpc) is 2.66. The Morgan fingerprint density at radius 3 is 2.47 bits per heavy atom. The summed E-state index contributed by atoms with van der Waals surface area (Å²) < 4.78 is 25.8. The highest BCUT2D eigenvalue weighted by atomic mass is 31.2. The molecule has 15 heavy (non-hydrogen) atoms. The molecule has 0 spiro atoms. The highest BCUT2D eigenvalue weighted by Crippen LogP contribution is 2.50. The van der Waals surface area contributed by atoms with Crippen molar-refractivity contribution in [3.63, 3.8) is 0 Å². The predicted molar refractivity (Wildman–Crippen MR) is 50.7 cm³/mol. The molecule has 0 atom stereocenters. The number of hydrogen-bond donors (Lipinski definition) is 0. The third kappa shape index (κ3) is 2.89. The van der Waals surface area contributed by atoms with Gasteiger partial charge >= 0.3 is 13.5 Å². The van der Waals surface area contributed by atoms with Crippen LogP contribution in [0.25, 0.3) is 0 Å². The lowest BCUT2D eigenvalue weighted by Crippen LogP contribution is -1.92. The maximum atomic E-state index is 11.6. The molecule has 0 amide bonds. The van der Waals surface area contributed by atoms with Gasteiger partial charge in [-0.1, -0.05) is 0 Å². The molecule has 0 aliphatic heterocycles. The summed E-state index contributed by atoms with van der Waals surface area (Å²) in [6, 6.07) is 2.55. The van der Waals surface area contributed by atoms with Gasteiger partial charge in [0.2, 0.25) is 0 Å². The van der Waals surface area contributed by atoms with Crippen molar-refractivity contribution in [1.82, 2.24) is 0 Å². The van der Waals surface area contributed by atoms with Crippen molar-refractivity contribution in [2.75, 3.05) is 14.2 Å². The summed E-state index contributed by atoms with van der Waals surface area (Å²) in [6.45, 7) is 0. The third-order valence-corrected chi connectivity index (χ3v) is 3.54. The monoisotopic (exact) mass is 235 g/mol. The molecule has 0 unspecified atom stereocenters. The molecule has 0 radical (unpaired) electrons. The minimum Gasteiger partial charge on any atom is -0.405 e. The molecule has 0 saturated carbocycles. The van der Waals surface area contributed by atoms with Crippen LogP contribution in [0.3, 0.4) is 0 Å². The third-order valence-electron chi connectivity index (χ3n) is 1.73. The number of furan rings is 1. The molecular weight excluding hydrogens is 225 g/mol. The van der Waals surface area contributed by atoms with Crippen molar-refractivity contribution in [2.24, 2.45) is 0 Å². The van der Waals surface area contributed by atoms with Crippen LogP contribution in [0, 0.1) is 10.1 Å². The van der Waals surface area contributed by atoms with E-state index in [1.807, 2.05) is 0 Å². The summed E-state index contributed by atoms with van der Waals surface area (Å²) in [6.07, 6.45) is -0.131. The topological polar surface area (TPSA) is 91.8 Å². The van der Waals surface area contributed by atoms with E-state index >= 15 is 0 Å². The molecule has 7 nitrogen and oxygen atoms in total. The van der Waals surface area contributed by atoms with Gasteiger partial charge in [0, 0.05) is 14.2 Å². The van der Waals surface area contributed by atoms with Gasteiger partial charge in [0.05, 0.1) is 6.07 Å². The zero-order valence-corrected chi connectivity index (χ0v) is 9.10. The molecule has 1 aromatic rings. The molecule has 1 heterocycles. The predicted octanol–water partition coefficient (Wildman–Crippen LogP) is 2.17. The Kier molecular flexibility index (Phi) is 3.62. The van der Waals surface area contributed by atoms with Crippen molar-refractivity contribution < 1.29 is 23.0 Å². The van der Waals surface area contributed by atoms with E-state index in [4.69, 9.17) is 4.42 Å². The Morgan fingerprint density at radius 1 is 1.47 bits per heavy atom. The molecule has 0 N–H and O–H groups in total. The lowest BCUT2D eigenvalue weighted by molar-refractivity contribution is -0.402. The molecule has 0 aliphatic carbocycles. The zero-order chi connectivity index (χ0) is 11.5. The first-order valence-electron chi connectivity index (χ1n) is 3.94. The van der Waals surface area contributed by atoms with Crippen LogP contribution < -0.4 is 0 Å². The second-order valence-electron chi connectivity index (χ2n) is 2.63. The largest absolute Gasteiger partial charge is 0.433 e. The molecular formula is C7H10NO6P. The maximum absolute atomic E-state index is 11.6. The van der Waals surface area contributed by atoms with Crippen LogP contribution in [0.4, 0.5) is 5.88 Å². The average molecular weight is 235 g/mol. The van der Waals surface area contributed by atoms with Crippen LogP contribution in [-0.2, 0) is 19.8 Å². The molecule has 0 aliphatic rings. The van der Waals surface area contributed by atoms with Gasteiger partial charge < -0.3 is 13.5 Å². The van der Waals surface area contributed by atoms with Gasteiger partial charge in [0.15, 0.2) is 0 Å². The molecule has 0 fully saturated rings. The van der Waals surface area contributed by atoms with Crippen molar-refractivity contribution >= 4 is 13.5 Å². The summed E-state index contributed by atoms with van der Waals surface area (Å²) in [5, 5.41) is 10.3. The van der Waals surface area contributed by atoms with Crippen molar-refractivity contribution in [1.29, 1.82) is 0 Å². The van der Waals surface area contributed by atoms with E-state index in [9.17, 15) is 14.7 Å². The van der Waals surface area contributed by atoms with E-state index in [1.54, 1.807) is 0 Å². The number of rotatable bonds is 5. The second kappa shape index (κ2) is 4.57.